The van der Waals surface area contributed by atoms with Crippen LogP contribution in [0, 0.1) is 0 Å². The molecule has 6 heteroatoms. The van der Waals surface area contributed by atoms with Crippen LogP contribution < -0.4 is 9.47 Å². The van der Waals surface area contributed by atoms with Gasteiger partial charge in [-0.2, -0.15) is 4.31 Å². The van der Waals surface area contributed by atoms with E-state index in [1.165, 1.54) is 24.6 Å². The second kappa shape index (κ2) is 6.01. The van der Waals surface area contributed by atoms with Crippen LogP contribution in [0.15, 0.2) is 23.1 Å². The highest BCUT2D eigenvalue weighted by Crippen LogP contribution is 2.33. The van der Waals surface area contributed by atoms with E-state index in [4.69, 9.17) is 9.47 Å². The van der Waals surface area contributed by atoms with E-state index in [-0.39, 0.29) is 10.9 Å². The fraction of sp³-hybridized carbons (Fsp3) is 0.571. The molecule has 0 spiro atoms. The molecule has 5 nitrogen and oxygen atoms in total. The third-order valence-corrected chi connectivity index (χ3v) is 5.80. The number of rotatable bonds is 5. The zero-order valence-corrected chi connectivity index (χ0v) is 12.9. The van der Waals surface area contributed by atoms with Gasteiger partial charge in [0.1, 0.15) is 16.4 Å². The Hall–Kier alpha value is -1.27. The fourth-order valence-corrected chi connectivity index (χ4v) is 4.19. The highest BCUT2D eigenvalue weighted by molar-refractivity contribution is 7.89. The van der Waals surface area contributed by atoms with E-state index in [0.717, 1.165) is 25.7 Å². The second-order valence-corrected chi connectivity index (χ2v) is 6.94. The van der Waals surface area contributed by atoms with Gasteiger partial charge < -0.3 is 9.47 Å². The third-order valence-electron chi connectivity index (χ3n) is 3.87. The summed E-state index contributed by atoms with van der Waals surface area (Å²) in [6, 6.07) is 4.90. The maximum atomic E-state index is 12.8. The summed E-state index contributed by atoms with van der Waals surface area (Å²) in [6.07, 6.45) is 4.00. The minimum atomic E-state index is -3.57. The van der Waals surface area contributed by atoms with Crippen LogP contribution in [0.1, 0.15) is 25.7 Å². The molecule has 1 fully saturated rings. The summed E-state index contributed by atoms with van der Waals surface area (Å²) in [5.41, 5.74) is 0. The number of nitrogens with zero attached hydrogens (tertiary/aromatic N) is 1. The molecule has 0 heterocycles. The lowest BCUT2D eigenvalue weighted by atomic mass is 10.3. The summed E-state index contributed by atoms with van der Waals surface area (Å²) in [5.74, 6) is 0.847. The first kappa shape index (κ1) is 15.1. The van der Waals surface area contributed by atoms with Gasteiger partial charge >= 0.3 is 0 Å². The Morgan fingerprint density at radius 2 is 1.80 bits per heavy atom. The van der Waals surface area contributed by atoms with E-state index < -0.39 is 10.0 Å². The van der Waals surface area contributed by atoms with Crippen LogP contribution in [0.4, 0.5) is 0 Å². The summed E-state index contributed by atoms with van der Waals surface area (Å²) in [4.78, 5) is 0.161. The molecule has 0 unspecified atom stereocenters. The first-order chi connectivity index (χ1) is 9.50. The van der Waals surface area contributed by atoms with E-state index in [0.29, 0.717) is 11.5 Å². The van der Waals surface area contributed by atoms with Gasteiger partial charge in [0.2, 0.25) is 10.0 Å². The number of hydrogen-bond acceptors (Lipinski definition) is 4. The van der Waals surface area contributed by atoms with Crippen LogP contribution in [0.25, 0.3) is 0 Å². The van der Waals surface area contributed by atoms with E-state index in [9.17, 15) is 8.42 Å². The Balaban J connectivity index is 2.41. The SMILES string of the molecule is COc1ccc(OC)c(S(=O)(=O)N(C)C2CCCC2)c1. The first-order valence-electron chi connectivity index (χ1n) is 6.70. The van der Waals surface area contributed by atoms with Crippen molar-refractivity contribution in [3.8, 4) is 11.5 Å². The molecule has 1 aromatic rings. The van der Waals surface area contributed by atoms with E-state index in [2.05, 4.69) is 0 Å². The molecule has 0 bridgehead atoms. The predicted molar refractivity (Wildman–Crippen MR) is 76.8 cm³/mol. The molecule has 2 rings (SSSR count). The fourth-order valence-electron chi connectivity index (χ4n) is 2.60. The quantitative estimate of drug-likeness (QED) is 0.837. The van der Waals surface area contributed by atoms with Crippen molar-refractivity contribution in [2.45, 2.75) is 36.6 Å². The lowest BCUT2D eigenvalue weighted by Crippen LogP contribution is -2.35. The molecule has 0 atom stereocenters. The van der Waals surface area contributed by atoms with Gasteiger partial charge in [-0.05, 0) is 25.0 Å². The number of hydrogen-bond donors (Lipinski definition) is 0. The molecule has 0 amide bonds. The number of sulfonamides is 1. The molecule has 1 aromatic carbocycles. The van der Waals surface area contributed by atoms with Crippen LogP contribution in [-0.4, -0.2) is 40.0 Å². The Morgan fingerprint density at radius 3 is 2.35 bits per heavy atom. The van der Waals surface area contributed by atoms with Crippen LogP contribution in [-0.2, 0) is 10.0 Å². The van der Waals surface area contributed by atoms with Gasteiger partial charge in [-0.25, -0.2) is 8.42 Å². The highest BCUT2D eigenvalue weighted by Gasteiger charge is 2.32. The van der Waals surface area contributed by atoms with Gasteiger partial charge in [0.25, 0.3) is 0 Å². The van der Waals surface area contributed by atoms with Crippen molar-refractivity contribution in [2.24, 2.45) is 0 Å². The van der Waals surface area contributed by atoms with Gasteiger partial charge in [-0.3, -0.25) is 0 Å². The molecule has 1 aliphatic carbocycles. The zero-order chi connectivity index (χ0) is 14.8. The molecule has 112 valence electrons. The molecule has 20 heavy (non-hydrogen) atoms. The molecule has 0 radical (unpaired) electrons. The molecule has 1 saturated carbocycles. The smallest absolute Gasteiger partial charge is 0.246 e. The topological polar surface area (TPSA) is 55.8 Å². The molecule has 0 saturated heterocycles. The maximum Gasteiger partial charge on any atom is 0.246 e. The maximum absolute atomic E-state index is 12.8. The monoisotopic (exact) mass is 299 g/mol. The minimum absolute atomic E-state index is 0.0795. The van der Waals surface area contributed by atoms with Crippen molar-refractivity contribution >= 4 is 10.0 Å². The van der Waals surface area contributed by atoms with E-state index in [1.54, 1.807) is 19.2 Å². The van der Waals surface area contributed by atoms with Crippen LogP contribution >= 0.6 is 0 Å². The van der Waals surface area contributed by atoms with Crippen molar-refractivity contribution in [2.75, 3.05) is 21.3 Å². The predicted octanol–water partition coefficient (Wildman–Crippen LogP) is 2.27. The van der Waals surface area contributed by atoms with Crippen LogP contribution in [0.5, 0.6) is 11.5 Å². The summed E-state index contributed by atoms with van der Waals surface area (Å²) >= 11 is 0. The molecule has 1 aliphatic rings. The van der Waals surface area contributed by atoms with Crippen molar-refractivity contribution in [1.29, 1.82) is 0 Å². The molecule has 0 aromatic heterocycles. The van der Waals surface area contributed by atoms with Gasteiger partial charge in [-0.1, -0.05) is 12.8 Å². The first-order valence-corrected chi connectivity index (χ1v) is 8.14. The molecular weight excluding hydrogens is 278 g/mol. The number of ether oxygens (including phenoxy) is 2. The lowest BCUT2D eigenvalue weighted by molar-refractivity contribution is 0.363. The summed E-state index contributed by atoms with van der Waals surface area (Å²) in [6.45, 7) is 0. The number of benzene rings is 1. The Kier molecular flexibility index (Phi) is 4.55. The van der Waals surface area contributed by atoms with E-state index in [1.807, 2.05) is 0 Å². The average molecular weight is 299 g/mol. The van der Waals surface area contributed by atoms with Gasteiger partial charge in [-0.15, -0.1) is 0 Å². The van der Waals surface area contributed by atoms with Crippen molar-refractivity contribution in [1.82, 2.24) is 4.31 Å². The minimum Gasteiger partial charge on any atom is -0.497 e. The van der Waals surface area contributed by atoms with Gasteiger partial charge in [0.05, 0.1) is 14.2 Å². The zero-order valence-electron chi connectivity index (χ0n) is 12.1. The Morgan fingerprint density at radius 1 is 1.15 bits per heavy atom. The third kappa shape index (κ3) is 2.76. The Bertz CT molecular complexity index is 565. The standard InChI is InChI=1S/C14H21NO4S/c1-15(11-6-4-5-7-11)20(16,17)14-10-12(18-2)8-9-13(14)19-3/h8-11H,4-7H2,1-3H3. The highest BCUT2D eigenvalue weighted by atomic mass is 32.2. The normalized spacial score (nSPS) is 16.6. The Labute approximate surface area is 120 Å². The number of methoxy groups -OCH3 is 2. The van der Waals surface area contributed by atoms with Crippen molar-refractivity contribution < 1.29 is 17.9 Å². The summed E-state index contributed by atoms with van der Waals surface area (Å²) in [5, 5.41) is 0. The molecule has 0 aliphatic heterocycles. The van der Waals surface area contributed by atoms with Crippen molar-refractivity contribution in [3.63, 3.8) is 0 Å². The molecular formula is C14H21NO4S. The lowest BCUT2D eigenvalue weighted by Gasteiger charge is -2.24. The largest absolute Gasteiger partial charge is 0.497 e. The van der Waals surface area contributed by atoms with Crippen LogP contribution in [0.2, 0.25) is 0 Å². The van der Waals surface area contributed by atoms with E-state index >= 15 is 0 Å². The molecule has 0 N–H and O–H groups in total. The van der Waals surface area contributed by atoms with Crippen molar-refractivity contribution in [3.05, 3.63) is 18.2 Å². The van der Waals surface area contributed by atoms with Crippen LogP contribution in [0.3, 0.4) is 0 Å². The van der Waals surface area contributed by atoms with Gasteiger partial charge in [0, 0.05) is 19.2 Å². The second-order valence-electron chi connectivity index (χ2n) is 4.98. The average Bonchev–Trinajstić information content (AvgIpc) is 2.99. The van der Waals surface area contributed by atoms with Gasteiger partial charge in [0.15, 0.2) is 0 Å². The summed E-state index contributed by atoms with van der Waals surface area (Å²) in [7, 11) is 1.06. The summed E-state index contributed by atoms with van der Waals surface area (Å²) < 4.78 is 37.3.